The molecule has 1 N–H and O–H groups in total. The summed E-state index contributed by atoms with van der Waals surface area (Å²) >= 11 is 1.78. The molecule has 0 aliphatic carbocycles. The average Bonchev–Trinajstić information content (AvgIpc) is 2.88. The highest BCUT2D eigenvalue weighted by Crippen LogP contribution is 2.33. The van der Waals surface area contributed by atoms with Crippen molar-refractivity contribution in [3.05, 3.63) is 41.4 Å². The third-order valence-corrected chi connectivity index (χ3v) is 4.49. The van der Waals surface area contributed by atoms with Crippen LogP contribution in [0.3, 0.4) is 0 Å². The summed E-state index contributed by atoms with van der Waals surface area (Å²) in [4.78, 5) is 7.82. The number of anilines is 3. The molecule has 0 fully saturated rings. The number of thiophene rings is 1. The van der Waals surface area contributed by atoms with Gasteiger partial charge in [0.25, 0.3) is 0 Å². The average molecular weight is 313 g/mol. The van der Waals surface area contributed by atoms with Crippen LogP contribution >= 0.6 is 11.3 Å². The number of nitrogens with zero attached hydrogens (tertiary/aromatic N) is 2. The highest BCUT2D eigenvalue weighted by atomic mass is 32.1. The summed E-state index contributed by atoms with van der Waals surface area (Å²) < 4.78 is 6.63. The lowest BCUT2D eigenvalue weighted by Crippen LogP contribution is -2.09. The molecule has 0 radical (unpaired) electrons. The molecule has 2 heterocycles. The monoisotopic (exact) mass is 313 g/mol. The number of aromatic nitrogens is 1. The summed E-state index contributed by atoms with van der Waals surface area (Å²) in [6.45, 7) is 2.12. The maximum Gasteiger partial charge on any atom is 0.139 e. The first-order chi connectivity index (χ1) is 10.6. The van der Waals surface area contributed by atoms with E-state index in [-0.39, 0.29) is 0 Å². The van der Waals surface area contributed by atoms with E-state index in [1.54, 1.807) is 18.4 Å². The molecule has 4 nitrogen and oxygen atoms in total. The molecular weight excluding hydrogens is 294 g/mol. The second kappa shape index (κ2) is 5.85. The van der Waals surface area contributed by atoms with Crippen LogP contribution in [0, 0.1) is 6.92 Å². The Balaban J connectivity index is 2.02. The van der Waals surface area contributed by atoms with E-state index in [0.29, 0.717) is 0 Å². The van der Waals surface area contributed by atoms with Gasteiger partial charge in [-0.3, -0.25) is 0 Å². The molecule has 0 aliphatic rings. The number of aryl methyl sites for hydroxylation is 1. The minimum Gasteiger partial charge on any atom is -0.497 e. The van der Waals surface area contributed by atoms with Crippen LogP contribution in [0.25, 0.3) is 10.1 Å². The lowest BCUT2D eigenvalue weighted by Gasteiger charge is -2.16. The quantitative estimate of drug-likeness (QED) is 0.773. The van der Waals surface area contributed by atoms with Crippen molar-refractivity contribution in [3.63, 3.8) is 0 Å². The number of ether oxygens (including phenoxy) is 1. The van der Waals surface area contributed by atoms with E-state index < -0.39 is 0 Å². The van der Waals surface area contributed by atoms with Gasteiger partial charge in [0, 0.05) is 58.8 Å². The fourth-order valence-corrected chi connectivity index (χ4v) is 3.28. The van der Waals surface area contributed by atoms with Gasteiger partial charge in [-0.2, -0.15) is 0 Å². The topological polar surface area (TPSA) is 37.4 Å². The van der Waals surface area contributed by atoms with Crippen molar-refractivity contribution in [1.82, 2.24) is 4.98 Å². The van der Waals surface area contributed by atoms with E-state index in [1.807, 2.05) is 32.4 Å². The van der Waals surface area contributed by atoms with Gasteiger partial charge in [0.05, 0.1) is 7.11 Å². The van der Waals surface area contributed by atoms with E-state index >= 15 is 0 Å². The molecule has 0 amide bonds. The molecule has 114 valence electrons. The Morgan fingerprint density at radius 2 is 2.00 bits per heavy atom. The van der Waals surface area contributed by atoms with Crippen LogP contribution in [0.5, 0.6) is 5.75 Å². The van der Waals surface area contributed by atoms with Gasteiger partial charge in [0.2, 0.25) is 0 Å². The van der Waals surface area contributed by atoms with Crippen LogP contribution in [0.15, 0.2) is 36.5 Å². The zero-order valence-electron chi connectivity index (χ0n) is 13.2. The van der Waals surface area contributed by atoms with E-state index in [0.717, 1.165) is 28.3 Å². The summed E-state index contributed by atoms with van der Waals surface area (Å²) in [7, 11) is 5.71. The largest absolute Gasteiger partial charge is 0.497 e. The number of benzene rings is 1. The molecule has 0 saturated carbocycles. The molecule has 5 heteroatoms. The van der Waals surface area contributed by atoms with E-state index in [1.165, 1.54) is 9.58 Å². The summed E-state index contributed by atoms with van der Waals surface area (Å²) in [5.41, 5.74) is 2.04. The van der Waals surface area contributed by atoms with E-state index in [2.05, 4.69) is 40.3 Å². The summed E-state index contributed by atoms with van der Waals surface area (Å²) in [6.07, 6.45) is 1.84. The third kappa shape index (κ3) is 2.85. The molecule has 0 aliphatic heterocycles. The molecule has 0 bridgehead atoms. The normalized spacial score (nSPS) is 10.7. The van der Waals surface area contributed by atoms with Crippen LogP contribution in [-0.4, -0.2) is 26.2 Å². The van der Waals surface area contributed by atoms with Gasteiger partial charge in [0.15, 0.2) is 0 Å². The Hall–Kier alpha value is -2.27. The molecule has 0 unspecified atom stereocenters. The molecule has 3 rings (SSSR count). The van der Waals surface area contributed by atoms with Crippen LogP contribution in [-0.2, 0) is 0 Å². The summed E-state index contributed by atoms with van der Waals surface area (Å²) in [5, 5.41) is 4.57. The first-order valence-electron chi connectivity index (χ1n) is 7.05. The molecule has 2 aromatic heterocycles. The SMILES string of the molecule is COc1cc(Nc2nccc3sc(C)cc23)cc(N(C)C)c1. The summed E-state index contributed by atoms with van der Waals surface area (Å²) in [6, 6.07) is 10.3. The Labute approximate surface area is 134 Å². The number of fused-ring (bicyclic) bond motifs is 1. The minimum atomic E-state index is 0.822. The Bertz CT molecular complexity index is 811. The van der Waals surface area contributed by atoms with Crippen molar-refractivity contribution in [1.29, 1.82) is 0 Å². The Kier molecular flexibility index (Phi) is 3.90. The van der Waals surface area contributed by atoms with Crippen molar-refractivity contribution in [2.24, 2.45) is 0 Å². The Morgan fingerprint density at radius 3 is 2.73 bits per heavy atom. The van der Waals surface area contributed by atoms with Crippen LogP contribution in [0.1, 0.15) is 4.88 Å². The van der Waals surface area contributed by atoms with Crippen molar-refractivity contribution in [2.75, 3.05) is 31.4 Å². The molecule has 3 aromatic rings. The van der Waals surface area contributed by atoms with Gasteiger partial charge in [-0.1, -0.05) is 0 Å². The maximum atomic E-state index is 5.39. The number of hydrogen-bond acceptors (Lipinski definition) is 5. The lowest BCUT2D eigenvalue weighted by atomic mass is 10.2. The van der Waals surface area contributed by atoms with Gasteiger partial charge < -0.3 is 15.0 Å². The maximum absolute atomic E-state index is 5.39. The van der Waals surface area contributed by atoms with Crippen LogP contribution < -0.4 is 15.0 Å². The predicted octanol–water partition coefficient (Wildman–Crippen LogP) is 4.42. The fraction of sp³-hybridized carbons (Fsp3) is 0.235. The zero-order chi connectivity index (χ0) is 15.7. The highest BCUT2D eigenvalue weighted by Gasteiger charge is 2.08. The molecule has 0 spiro atoms. The molecule has 0 saturated heterocycles. The number of hydrogen-bond donors (Lipinski definition) is 1. The lowest BCUT2D eigenvalue weighted by molar-refractivity contribution is 0.415. The Morgan fingerprint density at radius 1 is 1.18 bits per heavy atom. The van der Waals surface area contributed by atoms with Crippen LogP contribution in [0.2, 0.25) is 0 Å². The van der Waals surface area contributed by atoms with Gasteiger partial charge >= 0.3 is 0 Å². The highest BCUT2D eigenvalue weighted by molar-refractivity contribution is 7.19. The minimum absolute atomic E-state index is 0.822. The summed E-state index contributed by atoms with van der Waals surface area (Å²) in [5.74, 6) is 1.70. The van der Waals surface area contributed by atoms with E-state index in [9.17, 15) is 0 Å². The van der Waals surface area contributed by atoms with Gasteiger partial charge in [-0.05, 0) is 25.1 Å². The van der Waals surface area contributed by atoms with Gasteiger partial charge in [-0.25, -0.2) is 4.98 Å². The molecule has 0 atom stereocenters. The zero-order valence-corrected chi connectivity index (χ0v) is 14.0. The van der Waals surface area contributed by atoms with Crippen molar-refractivity contribution in [3.8, 4) is 5.75 Å². The van der Waals surface area contributed by atoms with Crippen molar-refractivity contribution >= 4 is 38.6 Å². The molecule has 22 heavy (non-hydrogen) atoms. The second-order valence-corrected chi connectivity index (χ2v) is 6.66. The smallest absolute Gasteiger partial charge is 0.139 e. The number of nitrogens with one attached hydrogen (secondary N) is 1. The third-order valence-electron chi connectivity index (χ3n) is 3.47. The van der Waals surface area contributed by atoms with E-state index in [4.69, 9.17) is 4.74 Å². The second-order valence-electron chi connectivity index (χ2n) is 5.37. The van der Waals surface area contributed by atoms with Crippen LogP contribution in [0.4, 0.5) is 17.2 Å². The molecule has 1 aromatic carbocycles. The first-order valence-corrected chi connectivity index (χ1v) is 7.87. The number of pyridine rings is 1. The predicted molar refractivity (Wildman–Crippen MR) is 95.0 cm³/mol. The molecular formula is C17H19N3OS. The standard InChI is InChI=1S/C17H19N3OS/c1-11-7-15-16(22-11)5-6-18-17(15)19-12-8-13(20(2)3)10-14(9-12)21-4/h5-10H,1-4H3,(H,18,19). The number of rotatable bonds is 4. The number of methoxy groups -OCH3 is 1. The van der Waals surface area contributed by atoms with Crippen molar-refractivity contribution in [2.45, 2.75) is 6.92 Å². The van der Waals surface area contributed by atoms with Gasteiger partial charge in [0.1, 0.15) is 11.6 Å². The van der Waals surface area contributed by atoms with Crippen molar-refractivity contribution < 1.29 is 4.74 Å². The fourth-order valence-electron chi connectivity index (χ4n) is 2.36. The first kappa shape index (κ1) is 14.7. The van der Waals surface area contributed by atoms with Gasteiger partial charge in [-0.15, -0.1) is 11.3 Å².